The number of thiophene rings is 1. The summed E-state index contributed by atoms with van der Waals surface area (Å²) < 4.78 is 6.44. The molecule has 0 unspecified atom stereocenters. The first-order valence-corrected chi connectivity index (χ1v) is 8.98. The van der Waals surface area contributed by atoms with Crippen LogP contribution in [-0.4, -0.2) is 12.4 Å². The van der Waals surface area contributed by atoms with Gasteiger partial charge in [0.15, 0.2) is 5.78 Å². The van der Waals surface area contributed by atoms with Gasteiger partial charge in [-0.05, 0) is 59.1 Å². The van der Waals surface area contributed by atoms with E-state index in [1.165, 1.54) is 4.88 Å². The van der Waals surface area contributed by atoms with Crippen LogP contribution in [0.5, 0.6) is 5.75 Å². The number of rotatable bonds is 7. The number of halogens is 1. The van der Waals surface area contributed by atoms with Gasteiger partial charge in [0.1, 0.15) is 5.75 Å². The first-order chi connectivity index (χ1) is 10.6. The highest BCUT2D eigenvalue weighted by molar-refractivity contribution is 9.10. The van der Waals surface area contributed by atoms with Crippen molar-refractivity contribution in [3.8, 4) is 5.75 Å². The maximum Gasteiger partial charge on any atom is 0.195 e. The summed E-state index contributed by atoms with van der Waals surface area (Å²) in [5, 5.41) is 0. The van der Waals surface area contributed by atoms with Gasteiger partial charge in [-0.3, -0.25) is 4.79 Å². The fourth-order valence-corrected chi connectivity index (χ4v) is 3.92. The van der Waals surface area contributed by atoms with Gasteiger partial charge in [0, 0.05) is 9.35 Å². The van der Waals surface area contributed by atoms with Gasteiger partial charge in [0.2, 0.25) is 0 Å². The number of hydrogen-bond donors (Lipinski definition) is 0. The molecule has 0 aliphatic heterocycles. The Morgan fingerprint density at radius 2 is 2.00 bits per heavy atom. The number of aryl methyl sites for hydroxylation is 1. The molecule has 0 saturated carbocycles. The molecular formula is C18H19BrO2S. The van der Waals surface area contributed by atoms with Gasteiger partial charge in [-0.15, -0.1) is 11.3 Å². The molecule has 0 bridgehead atoms. The molecule has 1 aromatic carbocycles. The zero-order valence-electron chi connectivity index (χ0n) is 12.8. The number of carbonyl (C=O) groups is 1. The maximum absolute atomic E-state index is 12.2. The average Bonchev–Trinajstić information content (AvgIpc) is 2.88. The van der Waals surface area contributed by atoms with Crippen LogP contribution >= 0.6 is 27.3 Å². The number of hydrogen-bond acceptors (Lipinski definition) is 3. The predicted octanol–water partition coefficient (Wildman–Crippen LogP) is 5.76. The molecule has 22 heavy (non-hydrogen) atoms. The fourth-order valence-electron chi connectivity index (χ4n) is 2.02. The van der Waals surface area contributed by atoms with Crippen LogP contribution in [0, 0.1) is 0 Å². The molecule has 0 radical (unpaired) electrons. The largest absolute Gasteiger partial charge is 0.494 e. The van der Waals surface area contributed by atoms with Gasteiger partial charge in [-0.25, -0.2) is 0 Å². The normalized spacial score (nSPS) is 11.0. The van der Waals surface area contributed by atoms with E-state index in [0.29, 0.717) is 6.61 Å². The second-order valence-corrected chi connectivity index (χ2v) is 6.82. The van der Waals surface area contributed by atoms with Crippen molar-refractivity contribution < 1.29 is 9.53 Å². The van der Waals surface area contributed by atoms with Crippen molar-refractivity contribution in [2.45, 2.75) is 26.7 Å². The lowest BCUT2D eigenvalue weighted by atomic mass is 10.2. The topological polar surface area (TPSA) is 26.3 Å². The smallest absolute Gasteiger partial charge is 0.195 e. The van der Waals surface area contributed by atoms with Gasteiger partial charge in [-0.2, -0.15) is 0 Å². The van der Waals surface area contributed by atoms with E-state index < -0.39 is 0 Å². The van der Waals surface area contributed by atoms with E-state index in [0.717, 1.165) is 33.5 Å². The summed E-state index contributed by atoms with van der Waals surface area (Å²) in [5.41, 5.74) is 0.987. The molecule has 0 amide bonds. The monoisotopic (exact) mass is 378 g/mol. The lowest BCUT2D eigenvalue weighted by Gasteiger charge is -2.02. The minimum absolute atomic E-state index is 0.0435. The Labute approximate surface area is 144 Å². The molecule has 4 heteroatoms. The lowest BCUT2D eigenvalue weighted by Crippen LogP contribution is -1.91. The maximum atomic E-state index is 12.2. The number of carbonyl (C=O) groups excluding carboxylic acids is 1. The lowest BCUT2D eigenvalue weighted by molar-refractivity contribution is 0.105. The third-order valence-corrected chi connectivity index (χ3v) is 5.27. The third kappa shape index (κ3) is 4.55. The van der Waals surface area contributed by atoms with E-state index in [9.17, 15) is 4.79 Å². The molecule has 116 valence electrons. The summed E-state index contributed by atoms with van der Waals surface area (Å²) in [5.74, 6) is 0.888. The molecule has 2 rings (SSSR count). The Hall–Kier alpha value is -1.39. The van der Waals surface area contributed by atoms with E-state index in [1.54, 1.807) is 17.4 Å². The highest BCUT2D eigenvalue weighted by Gasteiger charge is 2.10. The molecule has 1 heterocycles. The van der Waals surface area contributed by atoms with Crippen molar-refractivity contribution in [3.05, 3.63) is 56.2 Å². The van der Waals surface area contributed by atoms with Crippen LogP contribution < -0.4 is 4.74 Å². The Kier molecular flexibility index (Phi) is 6.40. The van der Waals surface area contributed by atoms with Crippen molar-refractivity contribution >= 4 is 39.1 Å². The number of allylic oxidation sites excluding steroid dienone is 1. The zero-order chi connectivity index (χ0) is 15.9. The van der Waals surface area contributed by atoms with Crippen LogP contribution in [0.1, 0.15) is 40.4 Å². The summed E-state index contributed by atoms with van der Waals surface area (Å²) in [6.07, 6.45) is 5.55. The highest BCUT2D eigenvalue weighted by atomic mass is 79.9. The van der Waals surface area contributed by atoms with Crippen LogP contribution in [0.2, 0.25) is 0 Å². The number of ketones is 1. The van der Waals surface area contributed by atoms with Crippen molar-refractivity contribution in [1.29, 1.82) is 0 Å². The van der Waals surface area contributed by atoms with Crippen molar-refractivity contribution in [2.24, 2.45) is 0 Å². The first kappa shape index (κ1) is 17.0. The fraction of sp³-hybridized carbons (Fsp3) is 0.278. The Morgan fingerprint density at radius 1 is 1.27 bits per heavy atom. The molecule has 0 aliphatic carbocycles. The summed E-state index contributed by atoms with van der Waals surface area (Å²) >= 11 is 5.09. The van der Waals surface area contributed by atoms with Crippen LogP contribution in [0.3, 0.4) is 0 Å². The van der Waals surface area contributed by atoms with Crippen molar-refractivity contribution in [1.82, 2.24) is 0 Å². The summed E-state index contributed by atoms with van der Waals surface area (Å²) in [6.45, 7) is 4.75. The summed E-state index contributed by atoms with van der Waals surface area (Å²) in [7, 11) is 0. The van der Waals surface area contributed by atoms with Gasteiger partial charge in [0.05, 0.1) is 11.5 Å². The van der Waals surface area contributed by atoms with E-state index >= 15 is 0 Å². The SMILES string of the molecule is CCCc1sc(C(=O)/C=C/c2ccc(OCC)cc2)cc1Br. The summed E-state index contributed by atoms with van der Waals surface area (Å²) in [6, 6.07) is 9.63. The van der Waals surface area contributed by atoms with E-state index in [-0.39, 0.29) is 5.78 Å². The van der Waals surface area contributed by atoms with E-state index in [4.69, 9.17) is 4.74 Å². The highest BCUT2D eigenvalue weighted by Crippen LogP contribution is 2.29. The zero-order valence-corrected chi connectivity index (χ0v) is 15.2. The van der Waals surface area contributed by atoms with Gasteiger partial charge >= 0.3 is 0 Å². The Balaban J connectivity index is 2.05. The second-order valence-electron chi connectivity index (χ2n) is 4.83. The number of benzene rings is 1. The molecule has 0 spiro atoms. The molecule has 0 saturated heterocycles. The molecule has 0 atom stereocenters. The Morgan fingerprint density at radius 3 is 2.64 bits per heavy atom. The minimum Gasteiger partial charge on any atom is -0.494 e. The average molecular weight is 379 g/mol. The third-order valence-electron chi connectivity index (χ3n) is 3.10. The van der Waals surface area contributed by atoms with Gasteiger partial charge < -0.3 is 4.74 Å². The number of ether oxygens (including phenoxy) is 1. The van der Waals surface area contributed by atoms with Gasteiger partial charge in [-0.1, -0.05) is 31.6 Å². The van der Waals surface area contributed by atoms with Crippen molar-refractivity contribution in [3.63, 3.8) is 0 Å². The molecule has 0 fully saturated rings. The standard InChI is InChI=1S/C18H19BrO2S/c1-3-5-17-15(19)12-18(22-17)16(20)11-8-13-6-9-14(10-7-13)21-4-2/h6-12H,3-5H2,1-2H3/b11-8+. The Bertz CT molecular complexity index is 656. The van der Waals surface area contributed by atoms with Crippen LogP contribution in [0.15, 0.2) is 40.9 Å². The molecular weight excluding hydrogens is 360 g/mol. The molecule has 0 N–H and O–H groups in total. The van der Waals surface area contributed by atoms with E-state index in [2.05, 4.69) is 22.9 Å². The molecule has 2 nitrogen and oxygen atoms in total. The van der Waals surface area contributed by atoms with Crippen molar-refractivity contribution in [2.75, 3.05) is 6.61 Å². The second kappa shape index (κ2) is 8.30. The molecule has 0 aliphatic rings. The molecule has 1 aromatic heterocycles. The van der Waals surface area contributed by atoms with Gasteiger partial charge in [0.25, 0.3) is 0 Å². The minimum atomic E-state index is 0.0435. The predicted molar refractivity (Wildman–Crippen MR) is 97.0 cm³/mol. The first-order valence-electron chi connectivity index (χ1n) is 7.37. The summed E-state index contributed by atoms with van der Waals surface area (Å²) in [4.78, 5) is 14.2. The van der Waals surface area contributed by atoms with Crippen LogP contribution in [-0.2, 0) is 6.42 Å². The quantitative estimate of drug-likeness (QED) is 0.452. The van der Waals surface area contributed by atoms with E-state index in [1.807, 2.05) is 43.3 Å². The van der Waals surface area contributed by atoms with Crippen LogP contribution in [0.4, 0.5) is 0 Å². The molecule has 2 aromatic rings. The van der Waals surface area contributed by atoms with Crippen LogP contribution in [0.25, 0.3) is 6.08 Å².